The lowest BCUT2D eigenvalue weighted by Crippen LogP contribution is -2.32. The van der Waals surface area contributed by atoms with Crippen LogP contribution in [0.2, 0.25) is 0 Å². The molecule has 1 aliphatic carbocycles. The Labute approximate surface area is 116 Å². The first kappa shape index (κ1) is 14.1. The Morgan fingerprint density at radius 2 is 2.37 bits per heavy atom. The molecule has 0 saturated heterocycles. The molecule has 0 radical (unpaired) electrons. The highest BCUT2D eigenvalue weighted by molar-refractivity contribution is 7.18. The van der Waals surface area contributed by atoms with Gasteiger partial charge in [-0.25, -0.2) is 4.98 Å². The highest BCUT2D eigenvalue weighted by atomic mass is 32.1. The lowest BCUT2D eigenvalue weighted by Gasteiger charge is -2.19. The molecule has 0 aliphatic heterocycles. The Balaban J connectivity index is 2.05. The molecule has 0 bridgehead atoms. The van der Waals surface area contributed by atoms with Crippen molar-refractivity contribution >= 4 is 28.2 Å². The number of nitrogens with two attached hydrogens (primary N) is 1. The fraction of sp³-hybridized carbons (Fsp3) is 0.667. The maximum atomic E-state index is 12.3. The molecule has 6 nitrogen and oxygen atoms in total. The number of aromatic nitrogens is 1. The maximum Gasteiger partial charge on any atom is 0.267 e. The first-order valence-electron chi connectivity index (χ1n) is 6.58. The first-order valence-corrected chi connectivity index (χ1v) is 7.40. The fourth-order valence-corrected chi connectivity index (χ4v) is 2.69. The number of amides is 1. The molecule has 0 unspecified atom stereocenters. The van der Waals surface area contributed by atoms with E-state index in [1.165, 1.54) is 11.3 Å². The minimum Gasteiger partial charge on any atom is -0.396 e. The summed E-state index contributed by atoms with van der Waals surface area (Å²) in [6.07, 6.45) is 2.88. The van der Waals surface area contributed by atoms with Crippen LogP contribution in [0.1, 0.15) is 35.9 Å². The third kappa shape index (κ3) is 3.57. The second kappa shape index (κ2) is 6.21. The Bertz CT molecular complexity index is 445. The molecule has 2 rings (SSSR count). The summed E-state index contributed by atoms with van der Waals surface area (Å²) in [6.45, 7) is 3.13. The molecule has 1 heterocycles. The molecule has 19 heavy (non-hydrogen) atoms. The van der Waals surface area contributed by atoms with E-state index in [4.69, 9.17) is 10.8 Å². The average Bonchev–Trinajstić information content (AvgIpc) is 3.12. The predicted octanol–water partition coefficient (Wildman–Crippen LogP) is 1.14. The molecular weight excluding hydrogens is 264 g/mol. The number of nitrogens with one attached hydrogen (secondary N) is 1. The third-order valence-electron chi connectivity index (χ3n) is 3.01. The van der Waals surface area contributed by atoms with Crippen LogP contribution in [0.4, 0.5) is 10.9 Å². The van der Waals surface area contributed by atoms with Gasteiger partial charge in [-0.15, -0.1) is 0 Å². The molecule has 4 N–H and O–H groups in total. The molecule has 0 aromatic carbocycles. The van der Waals surface area contributed by atoms with E-state index in [1.54, 1.807) is 4.90 Å². The van der Waals surface area contributed by atoms with Crippen LogP contribution in [-0.4, -0.2) is 46.6 Å². The number of anilines is 2. The maximum absolute atomic E-state index is 12.3. The molecular formula is C12H20N4O2S. The van der Waals surface area contributed by atoms with E-state index in [0.29, 0.717) is 36.2 Å². The van der Waals surface area contributed by atoms with Gasteiger partial charge < -0.3 is 21.1 Å². The van der Waals surface area contributed by atoms with Crippen molar-refractivity contribution < 1.29 is 9.90 Å². The van der Waals surface area contributed by atoms with Crippen molar-refractivity contribution in [3.8, 4) is 0 Å². The van der Waals surface area contributed by atoms with E-state index in [2.05, 4.69) is 10.3 Å². The van der Waals surface area contributed by atoms with Crippen molar-refractivity contribution in [2.45, 2.75) is 32.2 Å². The lowest BCUT2D eigenvalue weighted by molar-refractivity contribution is 0.0760. The summed E-state index contributed by atoms with van der Waals surface area (Å²) < 4.78 is 0. The highest BCUT2D eigenvalue weighted by Crippen LogP contribution is 2.31. The van der Waals surface area contributed by atoms with Gasteiger partial charge in [0.2, 0.25) is 0 Å². The Morgan fingerprint density at radius 1 is 1.63 bits per heavy atom. The van der Waals surface area contributed by atoms with Gasteiger partial charge in [0.05, 0.1) is 0 Å². The van der Waals surface area contributed by atoms with Crippen molar-refractivity contribution in [2.75, 3.05) is 30.7 Å². The summed E-state index contributed by atoms with van der Waals surface area (Å²) in [5, 5.41) is 12.8. The van der Waals surface area contributed by atoms with E-state index in [9.17, 15) is 4.79 Å². The second-order valence-corrected chi connectivity index (χ2v) is 5.61. The number of rotatable bonds is 7. The first-order chi connectivity index (χ1) is 9.15. The number of hydrogen-bond acceptors (Lipinski definition) is 6. The summed E-state index contributed by atoms with van der Waals surface area (Å²) >= 11 is 1.31. The van der Waals surface area contributed by atoms with Crippen molar-refractivity contribution in [1.82, 2.24) is 9.88 Å². The number of nitrogens with zero attached hydrogens (tertiary/aromatic N) is 2. The van der Waals surface area contributed by atoms with Crippen LogP contribution < -0.4 is 11.1 Å². The van der Waals surface area contributed by atoms with Gasteiger partial charge in [0.15, 0.2) is 5.13 Å². The van der Waals surface area contributed by atoms with Gasteiger partial charge in [0, 0.05) is 25.7 Å². The lowest BCUT2D eigenvalue weighted by atomic mass is 10.3. The van der Waals surface area contributed by atoms with Crippen molar-refractivity contribution in [1.29, 1.82) is 0 Å². The summed E-state index contributed by atoms with van der Waals surface area (Å²) in [5.74, 6) is 0.190. The van der Waals surface area contributed by atoms with Crippen molar-refractivity contribution in [2.24, 2.45) is 0 Å². The van der Waals surface area contributed by atoms with Crippen LogP contribution in [0.25, 0.3) is 0 Å². The van der Waals surface area contributed by atoms with E-state index in [0.717, 1.165) is 18.0 Å². The topological polar surface area (TPSA) is 91.5 Å². The van der Waals surface area contributed by atoms with Crippen LogP contribution >= 0.6 is 11.3 Å². The fourth-order valence-electron chi connectivity index (χ4n) is 1.76. The molecule has 1 aliphatic rings. The molecule has 0 atom stereocenters. The van der Waals surface area contributed by atoms with Gasteiger partial charge in [-0.1, -0.05) is 11.3 Å². The van der Waals surface area contributed by atoms with Gasteiger partial charge >= 0.3 is 0 Å². The average molecular weight is 284 g/mol. The Kier molecular flexibility index (Phi) is 4.60. The van der Waals surface area contributed by atoms with Crippen molar-refractivity contribution in [3.05, 3.63) is 4.88 Å². The van der Waals surface area contributed by atoms with Crippen molar-refractivity contribution in [3.63, 3.8) is 0 Å². The van der Waals surface area contributed by atoms with Gasteiger partial charge in [-0.3, -0.25) is 4.79 Å². The normalized spacial score (nSPS) is 14.4. The van der Waals surface area contributed by atoms with Gasteiger partial charge in [-0.05, 0) is 26.2 Å². The van der Waals surface area contributed by atoms with E-state index < -0.39 is 0 Å². The van der Waals surface area contributed by atoms with Crippen LogP contribution in [-0.2, 0) is 0 Å². The zero-order chi connectivity index (χ0) is 13.8. The number of carbonyl (C=O) groups is 1. The molecule has 7 heteroatoms. The summed E-state index contributed by atoms with van der Waals surface area (Å²) in [5.41, 5.74) is 5.82. The molecule has 1 amide bonds. The van der Waals surface area contributed by atoms with Gasteiger partial charge in [-0.2, -0.15) is 0 Å². The van der Waals surface area contributed by atoms with E-state index in [1.807, 2.05) is 6.92 Å². The van der Waals surface area contributed by atoms with E-state index in [-0.39, 0.29) is 12.5 Å². The van der Waals surface area contributed by atoms with Gasteiger partial charge in [0.25, 0.3) is 5.91 Å². The number of nitrogen functional groups attached to an aromatic ring is 1. The van der Waals surface area contributed by atoms with E-state index >= 15 is 0 Å². The molecule has 1 aromatic heterocycles. The Hall–Kier alpha value is -1.34. The predicted molar refractivity (Wildman–Crippen MR) is 76.5 cm³/mol. The molecule has 1 aromatic rings. The Morgan fingerprint density at radius 3 is 2.95 bits per heavy atom. The minimum atomic E-state index is -0.102. The van der Waals surface area contributed by atoms with Crippen LogP contribution in [0, 0.1) is 0 Å². The molecule has 1 fully saturated rings. The number of thiazole rings is 1. The number of aliphatic hydroxyl groups is 1. The zero-order valence-electron chi connectivity index (χ0n) is 11.1. The van der Waals surface area contributed by atoms with Crippen LogP contribution in [0.15, 0.2) is 0 Å². The zero-order valence-corrected chi connectivity index (χ0v) is 11.9. The van der Waals surface area contributed by atoms with Gasteiger partial charge in [0.1, 0.15) is 10.7 Å². The van der Waals surface area contributed by atoms with Crippen LogP contribution in [0.5, 0.6) is 0 Å². The van der Waals surface area contributed by atoms with Crippen LogP contribution in [0.3, 0.4) is 0 Å². The second-order valence-electron chi connectivity index (χ2n) is 4.61. The SMILES string of the molecule is CCN(CCCO)C(=O)c1sc(NC2CC2)nc1N. The summed E-state index contributed by atoms with van der Waals surface area (Å²) in [4.78, 5) is 18.7. The highest BCUT2D eigenvalue weighted by Gasteiger charge is 2.25. The third-order valence-corrected chi connectivity index (χ3v) is 4.00. The molecule has 1 saturated carbocycles. The monoisotopic (exact) mass is 284 g/mol. The smallest absolute Gasteiger partial charge is 0.267 e. The summed E-state index contributed by atoms with van der Waals surface area (Å²) in [6, 6.07) is 0.491. The largest absolute Gasteiger partial charge is 0.396 e. The minimum absolute atomic E-state index is 0.0798. The molecule has 106 valence electrons. The molecule has 0 spiro atoms. The number of hydrogen-bond donors (Lipinski definition) is 3. The summed E-state index contributed by atoms with van der Waals surface area (Å²) in [7, 11) is 0. The standard InChI is InChI=1S/C12H20N4O2S/c1-2-16(6-3-7-17)11(18)9-10(13)15-12(19-9)14-8-4-5-8/h8,17H,2-7,13H2,1H3,(H,14,15). The quantitative estimate of drug-likeness (QED) is 0.698. The number of aliphatic hydroxyl groups excluding tert-OH is 1. The number of carbonyl (C=O) groups excluding carboxylic acids is 1.